The maximum absolute atomic E-state index is 12.8. The average Bonchev–Trinajstić information content (AvgIpc) is 2.96. The number of methoxy groups -OCH3 is 1. The van der Waals surface area contributed by atoms with Gasteiger partial charge in [-0.1, -0.05) is 36.4 Å². The van der Waals surface area contributed by atoms with Crippen molar-refractivity contribution < 1.29 is 48.2 Å². The predicted octanol–water partition coefficient (Wildman–Crippen LogP) is 2.63. The van der Waals surface area contributed by atoms with Gasteiger partial charge in [-0.2, -0.15) is 0 Å². The molecule has 2 saturated heterocycles. The molecule has 198 valence electrons. The first-order valence-corrected chi connectivity index (χ1v) is 11.9. The van der Waals surface area contributed by atoms with Gasteiger partial charge in [-0.3, -0.25) is 0 Å². The second kappa shape index (κ2) is 11.4. The standard InChI is InChI=1S/C28H26O10/c1-33-28-23(30)22(29)24-21(37-28)15-34-27(38-24)18-12-13-19(35-25(31)16-8-4-2-5-9-16)20(14-18)36-26(32)17-10-6-3-7-11-17/h2-14,21-24,27-30H,15H2,1H3/t21-,22-,23-,24+,27?,28-/m1/s1. The molecule has 6 atom stereocenters. The van der Waals surface area contributed by atoms with E-state index in [1.165, 1.54) is 19.2 Å². The fourth-order valence-corrected chi connectivity index (χ4v) is 4.24. The summed E-state index contributed by atoms with van der Waals surface area (Å²) < 4.78 is 33.6. The topological polar surface area (TPSA) is 130 Å². The first-order chi connectivity index (χ1) is 18.4. The number of ether oxygens (including phenoxy) is 6. The average molecular weight is 523 g/mol. The molecule has 10 heteroatoms. The summed E-state index contributed by atoms with van der Waals surface area (Å²) >= 11 is 0. The van der Waals surface area contributed by atoms with E-state index in [1.807, 2.05) is 0 Å². The highest BCUT2D eigenvalue weighted by atomic mass is 16.7. The summed E-state index contributed by atoms with van der Waals surface area (Å²) in [4.78, 5) is 25.5. The first-order valence-electron chi connectivity index (χ1n) is 11.9. The lowest BCUT2D eigenvalue weighted by atomic mass is 9.98. The maximum atomic E-state index is 12.8. The highest BCUT2D eigenvalue weighted by molar-refractivity contribution is 5.93. The van der Waals surface area contributed by atoms with Crippen LogP contribution in [0.2, 0.25) is 0 Å². The van der Waals surface area contributed by atoms with Crippen LogP contribution in [0.25, 0.3) is 0 Å². The van der Waals surface area contributed by atoms with Gasteiger partial charge in [0.05, 0.1) is 17.7 Å². The number of carbonyl (C=O) groups excluding carboxylic acids is 2. The van der Waals surface area contributed by atoms with Crippen molar-refractivity contribution in [2.24, 2.45) is 0 Å². The predicted molar refractivity (Wildman–Crippen MR) is 130 cm³/mol. The molecule has 0 spiro atoms. The summed E-state index contributed by atoms with van der Waals surface area (Å²) in [6, 6.07) is 21.3. The van der Waals surface area contributed by atoms with E-state index in [4.69, 9.17) is 28.4 Å². The lowest BCUT2D eigenvalue weighted by molar-refractivity contribution is -0.358. The lowest BCUT2D eigenvalue weighted by Crippen LogP contribution is -2.62. The Bertz CT molecular complexity index is 1260. The summed E-state index contributed by atoms with van der Waals surface area (Å²) in [6.45, 7) is 0.0445. The number of aliphatic hydroxyl groups excluding tert-OH is 2. The van der Waals surface area contributed by atoms with Gasteiger partial charge >= 0.3 is 11.9 Å². The number of benzene rings is 3. The number of hydrogen-bond donors (Lipinski definition) is 2. The molecule has 3 aromatic rings. The molecule has 2 aliphatic heterocycles. The van der Waals surface area contributed by atoms with E-state index in [9.17, 15) is 19.8 Å². The number of fused-ring (bicyclic) bond motifs is 1. The summed E-state index contributed by atoms with van der Waals surface area (Å²) in [5.41, 5.74) is 1.05. The molecule has 38 heavy (non-hydrogen) atoms. The van der Waals surface area contributed by atoms with Crippen molar-refractivity contribution in [1.82, 2.24) is 0 Å². The molecule has 3 aromatic carbocycles. The smallest absolute Gasteiger partial charge is 0.343 e. The van der Waals surface area contributed by atoms with E-state index in [1.54, 1.807) is 66.7 Å². The van der Waals surface area contributed by atoms with Crippen LogP contribution in [0.15, 0.2) is 78.9 Å². The van der Waals surface area contributed by atoms with Crippen molar-refractivity contribution in [3.05, 3.63) is 95.6 Å². The van der Waals surface area contributed by atoms with Crippen LogP contribution in [0, 0.1) is 0 Å². The summed E-state index contributed by atoms with van der Waals surface area (Å²) in [7, 11) is 1.36. The van der Waals surface area contributed by atoms with Crippen LogP contribution in [-0.4, -0.2) is 66.6 Å². The van der Waals surface area contributed by atoms with E-state index in [-0.39, 0.29) is 18.1 Å². The third-order valence-corrected chi connectivity index (χ3v) is 6.23. The van der Waals surface area contributed by atoms with E-state index in [2.05, 4.69) is 0 Å². The number of hydrogen-bond acceptors (Lipinski definition) is 10. The molecule has 1 unspecified atom stereocenters. The van der Waals surface area contributed by atoms with Gasteiger partial charge in [0.15, 0.2) is 24.1 Å². The Morgan fingerprint density at radius 1 is 0.789 bits per heavy atom. The second-order valence-corrected chi connectivity index (χ2v) is 8.74. The van der Waals surface area contributed by atoms with Crippen LogP contribution in [0.3, 0.4) is 0 Å². The summed E-state index contributed by atoms with van der Waals surface area (Å²) in [5, 5.41) is 20.8. The summed E-state index contributed by atoms with van der Waals surface area (Å²) in [5.74, 6) is -1.31. The summed E-state index contributed by atoms with van der Waals surface area (Å²) in [6.07, 6.45) is -6.18. The molecule has 0 bridgehead atoms. The Morgan fingerprint density at radius 3 is 2.00 bits per heavy atom. The lowest BCUT2D eigenvalue weighted by Gasteiger charge is -2.45. The van der Waals surface area contributed by atoms with Crippen molar-refractivity contribution in [1.29, 1.82) is 0 Å². The zero-order chi connectivity index (χ0) is 26.6. The first kappa shape index (κ1) is 26.0. The minimum absolute atomic E-state index is 0.0139. The Morgan fingerprint density at radius 2 is 1.39 bits per heavy atom. The van der Waals surface area contributed by atoms with Crippen molar-refractivity contribution in [2.45, 2.75) is 37.0 Å². The third-order valence-electron chi connectivity index (χ3n) is 6.23. The maximum Gasteiger partial charge on any atom is 0.343 e. The van der Waals surface area contributed by atoms with Gasteiger partial charge in [0.1, 0.15) is 24.4 Å². The van der Waals surface area contributed by atoms with Gasteiger partial charge in [-0.25, -0.2) is 9.59 Å². The molecule has 0 aliphatic carbocycles. The van der Waals surface area contributed by atoms with E-state index >= 15 is 0 Å². The Hall–Kier alpha value is -3.64. The zero-order valence-corrected chi connectivity index (χ0v) is 20.3. The number of esters is 2. The molecule has 2 aliphatic rings. The second-order valence-electron chi connectivity index (χ2n) is 8.74. The molecule has 2 N–H and O–H groups in total. The molecule has 5 rings (SSSR count). The van der Waals surface area contributed by atoms with Gasteiger partial charge in [-0.05, 0) is 42.5 Å². The van der Waals surface area contributed by atoms with Crippen LogP contribution in [0.5, 0.6) is 11.5 Å². The highest BCUT2D eigenvalue weighted by Crippen LogP contribution is 2.38. The molecule has 10 nitrogen and oxygen atoms in total. The molecule has 2 fully saturated rings. The minimum atomic E-state index is -1.32. The molecule has 2 heterocycles. The van der Waals surface area contributed by atoms with Gasteiger partial charge in [-0.15, -0.1) is 0 Å². The molecule has 0 saturated carbocycles. The van der Waals surface area contributed by atoms with E-state index < -0.39 is 48.9 Å². The van der Waals surface area contributed by atoms with Crippen molar-refractivity contribution in [3.63, 3.8) is 0 Å². The highest BCUT2D eigenvalue weighted by Gasteiger charge is 2.49. The van der Waals surface area contributed by atoms with Crippen LogP contribution >= 0.6 is 0 Å². The minimum Gasteiger partial charge on any atom is -0.419 e. The van der Waals surface area contributed by atoms with Gasteiger partial charge < -0.3 is 38.6 Å². The van der Waals surface area contributed by atoms with Crippen molar-refractivity contribution in [3.8, 4) is 11.5 Å². The molecule has 0 amide bonds. The number of rotatable bonds is 6. The molecular formula is C28H26O10. The number of carbonyl (C=O) groups is 2. The van der Waals surface area contributed by atoms with Crippen LogP contribution in [0.1, 0.15) is 32.6 Å². The SMILES string of the molecule is CO[C@@H]1O[C@@H]2COC(c3ccc(OC(=O)c4ccccc4)c(OC(=O)c4ccccc4)c3)O[C@@H]2[C@H](O)[C@H]1O. The van der Waals surface area contributed by atoms with Crippen molar-refractivity contribution >= 4 is 11.9 Å². The van der Waals surface area contributed by atoms with E-state index in [0.717, 1.165) is 0 Å². The van der Waals surface area contributed by atoms with Crippen LogP contribution in [0.4, 0.5) is 0 Å². The quantitative estimate of drug-likeness (QED) is 0.368. The van der Waals surface area contributed by atoms with Crippen LogP contribution < -0.4 is 9.47 Å². The Balaban J connectivity index is 1.40. The normalized spacial score (nSPS) is 26.7. The third kappa shape index (κ3) is 5.46. The van der Waals surface area contributed by atoms with Gasteiger partial charge in [0, 0.05) is 12.7 Å². The van der Waals surface area contributed by atoms with E-state index in [0.29, 0.717) is 16.7 Å². The molecular weight excluding hydrogens is 496 g/mol. The zero-order valence-electron chi connectivity index (χ0n) is 20.3. The van der Waals surface area contributed by atoms with Crippen molar-refractivity contribution in [2.75, 3.05) is 13.7 Å². The van der Waals surface area contributed by atoms with Gasteiger partial charge in [0.2, 0.25) is 0 Å². The Labute approximate surface area is 218 Å². The largest absolute Gasteiger partial charge is 0.419 e. The monoisotopic (exact) mass is 522 g/mol. The molecule has 0 radical (unpaired) electrons. The molecule has 0 aromatic heterocycles. The van der Waals surface area contributed by atoms with Gasteiger partial charge in [0.25, 0.3) is 0 Å². The fourth-order valence-electron chi connectivity index (χ4n) is 4.24. The Kier molecular flexibility index (Phi) is 7.79. The fraction of sp³-hybridized carbons (Fsp3) is 0.286. The number of aliphatic hydroxyl groups is 2. The van der Waals surface area contributed by atoms with Crippen LogP contribution in [-0.2, 0) is 18.9 Å².